The van der Waals surface area contributed by atoms with Crippen molar-refractivity contribution in [2.45, 2.75) is 581 Å². The standard InChI is InChI=1S/C9H21N.C8H19N.C7H17N.C7H14.C6H13N.C6H12.C6H6.C5H11N.C5H10.C4H9N.4C4H11N.10C4H10/c1-8(2)6-5-7-10-9(3)4;1-7(2)5-6-9-8(3)4;1-6(2)5-8-7(3)4;2*1-2-4-6-7-5-3-1;3*1-2-4-6-5-3-1;2*1-2-4-5-3-1;4*1-4(2)5-3;10*1-4(2)3/h8-10H,5-7H2,1-4H3;7-9H,5-6H2,1-4H3;6-8H,5H2,1-4H3;1-7H2;7H,1-6H2;1-6H2;1-6H;6H,1-5H2;1-5H2;5H,1-4H2;4*4-5H,1-3H3;10*4H,1-3H3. The molecule has 6 aliphatic rings. The van der Waals surface area contributed by atoms with Crippen LogP contribution >= 0.6 is 0 Å². The van der Waals surface area contributed by atoms with Crippen molar-refractivity contribution >= 4 is 0 Å². The smallest absolute Gasteiger partial charge is 0.00104 e. The van der Waals surface area contributed by atoms with E-state index in [0.717, 1.165) is 90.0 Å². The van der Waals surface area contributed by atoms with E-state index >= 15 is 0 Å². The quantitative estimate of drug-likeness (QED) is 0.0579. The highest BCUT2D eigenvalue weighted by Gasteiger charge is 2.01. The first-order valence-corrected chi connectivity index (χ1v) is 55.8. The molecule has 0 bridgehead atoms. The van der Waals surface area contributed by atoms with Gasteiger partial charge in [0.25, 0.3) is 0 Å². The normalized spacial score (nSPS) is 13.7. The van der Waals surface area contributed by atoms with E-state index in [1.165, 1.54) is 238 Å². The zero-order chi connectivity index (χ0) is 104. The molecule has 3 heterocycles. The van der Waals surface area contributed by atoms with Gasteiger partial charge in [0.15, 0.2) is 0 Å². The van der Waals surface area contributed by atoms with E-state index in [4.69, 9.17) is 0 Å². The Morgan fingerprint density at radius 2 is 0.302 bits per heavy atom. The Morgan fingerprint density at radius 1 is 0.171 bits per heavy atom. The van der Waals surface area contributed by atoms with Gasteiger partial charge in [0.2, 0.25) is 0 Å². The third-order valence-electron chi connectivity index (χ3n) is 14.8. The minimum absolute atomic E-state index is 0.634. The summed E-state index contributed by atoms with van der Waals surface area (Å²) < 4.78 is 0. The van der Waals surface area contributed by atoms with Gasteiger partial charge in [-0.25, -0.2) is 0 Å². The van der Waals surface area contributed by atoms with Crippen molar-refractivity contribution in [3.05, 3.63) is 36.4 Å². The molecule has 0 unspecified atom stereocenters. The summed E-state index contributed by atoms with van der Waals surface area (Å²) in [6.45, 7) is 119. The molecule has 1 aromatic carbocycles. The van der Waals surface area contributed by atoms with Gasteiger partial charge < -0.3 is 53.2 Å². The molecule has 6 fully saturated rings. The lowest BCUT2D eigenvalue weighted by Crippen LogP contribution is -2.26. The Bertz CT molecular complexity index is 1380. The Balaban J connectivity index is -0.0000000680. The van der Waals surface area contributed by atoms with Gasteiger partial charge in [-0.15, -0.1) is 0 Å². The zero-order valence-corrected chi connectivity index (χ0v) is 102. The van der Waals surface area contributed by atoms with E-state index in [-0.39, 0.29) is 0 Å². The third-order valence-corrected chi connectivity index (χ3v) is 14.8. The first kappa shape index (κ1) is 167. The fraction of sp³-hybridized carbons (Fsp3) is 0.950. The molecule has 0 amide bonds. The van der Waals surface area contributed by atoms with E-state index in [2.05, 4.69) is 399 Å². The van der Waals surface area contributed by atoms with Crippen molar-refractivity contribution in [2.24, 2.45) is 76.9 Å². The first-order valence-electron chi connectivity index (χ1n) is 55.8. The molecule has 0 radical (unpaired) electrons. The van der Waals surface area contributed by atoms with Crippen LogP contribution in [0.4, 0.5) is 0 Å². The zero-order valence-electron chi connectivity index (χ0n) is 102. The summed E-state index contributed by atoms with van der Waals surface area (Å²) in [4.78, 5) is 0. The molecule has 3 aliphatic heterocycles. The third kappa shape index (κ3) is 443. The van der Waals surface area contributed by atoms with Crippen LogP contribution in [0.1, 0.15) is 539 Å². The summed E-state index contributed by atoms with van der Waals surface area (Å²) in [5.41, 5.74) is 0. The summed E-state index contributed by atoms with van der Waals surface area (Å²) in [7, 11) is 7.80. The molecule has 3 saturated carbocycles. The minimum atomic E-state index is 0.634. The van der Waals surface area contributed by atoms with Crippen molar-refractivity contribution in [1.82, 2.24) is 53.2 Å². The fourth-order valence-electron chi connectivity index (χ4n) is 8.01. The molecule has 10 N–H and O–H groups in total. The van der Waals surface area contributed by atoms with Gasteiger partial charge in [-0.1, -0.05) is 517 Å². The number of benzene rings is 1. The predicted octanol–water partition coefficient (Wildman–Crippen LogP) is 36.2. The lowest BCUT2D eigenvalue weighted by Gasteiger charge is -2.09. The van der Waals surface area contributed by atoms with Crippen LogP contribution in [0.3, 0.4) is 0 Å². The Labute approximate surface area is 829 Å². The minimum Gasteiger partial charge on any atom is -0.318 e. The molecule has 3 aliphatic carbocycles. The van der Waals surface area contributed by atoms with Crippen molar-refractivity contribution in [3.63, 3.8) is 0 Å². The van der Waals surface area contributed by atoms with Crippen LogP contribution in [0.2, 0.25) is 0 Å². The first-order chi connectivity index (χ1) is 59.8. The monoisotopic (exact) mass is 1850 g/mol. The Kier molecular flexibility index (Phi) is 201. The van der Waals surface area contributed by atoms with Crippen molar-refractivity contribution in [1.29, 1.82) is 0 Å². The van der Waals surface area contributed by atoms with Crippen LogP contribution in [0.15, 0.2) is 36.4 Å². The molecule has 129 heavy (non-hydrogen) atoms. The number of nitrogens with one attached hydrogen (secondary N) is 10. The van der Waals surface area contributed by atoms with Gasteiger partial charge in [-0.2, -0.15) is 0 Å². The van der Waals surface area contributed by atoms with Crippen molar-refractivity contribution in [2.75, 3.05) is 87.1 Å². The topological polar surface area (TPSA) is 120 Å². The summed E-state index contributed by atoms with van der Waals surface area (Å²) in [6, 6.07) is 16.5. The average molecular weight is 1850 g/mol. The number of hydrogen-bond donors (Lipinski definition) is 10. The SMILES string of the molecule is C1CCCC1.C1CCCCC1.C1CCCCCC1.C1CCCNCC1.C1CCNC1.C1CCNCC1.CC(C)C.CC(C)C.CC(C)C.CC(C)C.CC(C)C.CC(C)C.CC(C)C.CC(C)C.CC(C)C.CC(C)C.CC(C)CCCNC(C)C.CC(C)CCNC(C)C.CC(C)CNC(C)C.CNC(C)C.CNC(C)C.CNC(C)C.CNC(C)C.c1ccccc1. The average Bonchev–Trinajstić information content (AvgIpc) is 2.01. The van der Waals surface area contributed by atoms with Gasteiger partial charge >= 0.3 is 0 Å². The molecule has 0 atom stereocenters. The molecule has 0 spiro atoms. The molecule has 802 valence electrons. The van der Waals surface area contributed by atoms with Gasteiger partial charge in [0.05, 0.1) is 0 Å². The van der Waals surface area contributed by atoms with Gasteiger partial charge in [-0.3, -0.25) is 0 Å². The second-order valence-electron chi connectivity index (χ2n) is 45.9. The maximum atomic E-state index is 3.40. The molecule has 10 heteroatoms. The van der Waals surface area contributed by atoms with E-state index < -0.39 is 0 Å². The van der Waals surface area contributed by atoms with E-state index in [1.807, 2.05) is 64.6 Å². The highest BCUT2D eigenvalue weighted by Crippen LogP contribution is 2.17. The summed E-state index contributed by atoms with van der Waals surface area (Å²) in [5, 5.41) is 32.1. The number of piperidine rings is 1. The van der Waals surface area contributed by atoms with Crippen molar-refractivity contribution in [3.8, 4) is 0 Å². The molecule has 7 rings (SSSR count). The lowest BCUT2D eigenvalue weighted by atomic mass is 10.0. The van der Waals surface area contributed by atoms with Crippen LogP contribution in [0, 0.1) is 76.9 Å². The molecule has 0 aromatic heterocycles. The van der Waals surface area contributed by atoms with Crippen LogP contribution in [0.5, 0.6) is 0 Å². The van der Waals surface area contributed by atoms with Crippen LogP contribution in [-0.4, -0.2) is 129 Å². The molecular formula is C119H276N10. The second kappa shape index (κ2) is 155. The number of rotatable bonds is 16. The van der Waals surface area contributed by atoms with Gasteiger partial charge in [-0.05, 0) is 222 Å². The summed E-state index contributed by atoms with van der Waals surface area (Å²) >= 11 is 0. The maximum absolute atomic E-state index is 3.40. The van der Waals surface area contributed by atoms with E-state index in [1.54, 1.807) is 0 Å². The van der Waals surface area contributed by atoms with Crippen LogP contribution in [-0.2, 0) is 0 Å². The Hall–Kier alpha value is -1.18. The molecule has 1 aromatic rings. The second-order valence-corrected chi connectivity index (χ2v) is 45.9. The molecular weight excluding hydrogens is 1570 g/mol. The van der Waals surface area contributed by atoms with E-state index in [9.17, 15) is 0 Å². The number of hydrogen-bond acceptors (Lipinski definition) is 10. The van der Waals surface area contributed by atoms with Crippen LogP contribution in [0.25, 0.3) is 0 Å². The predicted molar refractivity (Wildman–Crippen MR) is 619 cm³/mol. The van der Waals surface area contributed by atoms with E-state index in [0.29, 0.717) is 42.3 Å². The largest absolute Gasteiger partial charge is 0.318 e. The maximum Gasteiger partial charge on any atom is 0.00104 e. The Morgan fingerprint density at radius 3 is 0.419 bits per heavy atom. The van der Waals surface area contributed by atoms with Gasteiger partial charge in [0.1, 0.15) is 0 Å². The molecule has 10 nitrogen and oxygen atoms in total. The van der Waals surface area contributed by atoms with Crippen LogP contribution < -0.4 is 53.2 Å². The highest BCUT2D eigenvalue weighted by atomic mass is 14.9. The van der Waals surface area contributed by atoms with Gasteiger partial charge in [0, 0.05) is 42.3 Å². The molecule has 3 saturated heterocycles. The summed E-state index contributed by atoms with van der Waals surface area (Å²) in [6.07, 6.45) is 43.6. The highest BCUT2D eigenvalue weighted by molar-refractivity contribution is 4.99. The fourth-order valence-corrected chi connectivity index (χ4v) is 8.01. The summed E-state index contributed by atoms with van der Waals surface area (Å²) in [5.74, 6) is 10.8. The van der Waals surface area contributed by atoms with Crippen molar-refractivity contribution < 1.29 is 0 Å². The lowest BCUT2D eigenvalue weighted by molar-refractivity contribution is 0.503.